The van der Waals surface area contributed by atoms with Crippen molar-refractivity contribution in [3.05, 3.63) is 70.8 Å². The second-order valence-corrected chi connectivity index (χ2v) is 9.30. The number of halogens is 3. The molecule has 0 radical (unpaired) electrons. The number of carbonyl (C=O) groups is 1. The Balaban J connectivity index is 1.69. The fourth-order valence-electron chi connectivity index (χ4n) is 5.41. The predicted molar refractivity (Wildman–Crippen MR) is 113 cm³/mol. The molecule has 2 aliphatic rings. The van der Waals surface area contributed by atoms with Crippen molar-refractivity contribution < 1.29 is 23.1 Å². The highest BCUT2D eigenvalue weighted by atomic mass is 19.4. The lowest BCUT2D eigenvalue weighted by atomic mass is 9.76. The average Bonchev–Trinajstić information content (AvgIpc) is 2.93. The lowest BCUT2D eigenvalue weighted by Crippen LogP contribution is -2.51. The lowest BCUT2D eigenvalue weighted by molar-refractivity contribution is -0.146. The van der Waals surface area contributed by atoms with Gasteiger partial charge in [0, 0.05) is 18.1 Å². The summed E-state index contributed by atoms with van der Waals surface area (Å²) in [5, 5.41) is 9.70. The van der Waals surface area contributed by atoms with E-state index in [9.17, 15) is 23.1 Å². The van der Waals surface area contributed by atoms with E-state index in [1.54, 1.807) is 12.1 Å². The molecule has 2 aromatic rings. The number of carboxylic acids is 1. The van der Waals surface area contributed by atoms with Crippen molar-refractivity contribution in [2.75, 3.05) is 0 Å². The molecule has 2 aliphatic heterocycles. The number of nitrogens with zero attached hydrogens (tertiary/aromatic N) is 1. The number of alkyl halides is 3. The van der Waals surface area contributed by atoms with Crippen molar-refractivity contribution in [2.45, 2.75) is 69.8 Å². The summed E-state index contributed by atoms with van der Waals surface area (Å²) in [6.07, 6.45) is -1.76. The maximum Gasteiger partial charge on any atom is 0.416 e. The van der Waals surface area contributed by atoms with E-state index in [0.29, 0.717) is 25.3 Å². The molecule has 0 saturated carbocycles. The minimum Gasteiger partial charge on any atom is -0.481 e. The van der Waals surface area contributed by atoms with Crippen molar-refractivity contribution in [3.63, 3.8) is 0 Å². The smallest absolute Gasteiger partial charge is 0.416 e. The van der Waals surface area contributed by atoms with Crippen molar-refractivity contribution >= 4 is 5.97 Å². The molecule has 2 heterocycles. The second kappa shape index (κ2) is 7.97. The summed E-state index contributed by atoms with van der Waals surface area (Å²) in [6.45, 7) is 4.95. The van der Waals surface area contributed by atoms with Gasteiger partial charge in [0.05, 0.1) is 11.5 Å². The van der Waals surface area contributed by atoms with E-state index >= 15 is 0 Å². The number of piperidine rings is 1. The zero-order valence-electron chi connectivity index (χ0n) is 17.8. The number of rotatable bonds is 5. The van der Waals surface area contributed by atoms with Crippen LogP contribution in [0.4, 0.5) is 13.2 Å². The molecule has 0 spiro atoms. The zero-order valence-corrected chi connectivity index (χ0v) is 17.8. The SMILES string of the molecule is CC(C)c1ccc(CN2[C@H]3CC[C@@]2(c2ccc(C(F)(F)F)cc2)C[C@H](C(=O)O)C3)cc1. The van der Waals surface area contributed by atoms with Crippen LogP contribution in [0.1, 0.15) is 67.7 Å². The number of benzene rings is 2. The number of aliphatic carboxylic acids is 1. The molecular formula is C25H28F3NO2. The first-order valence-corrected chi connectivity index (χ1v) is 10.9. The van der Waals surface area contributed by atoms with Crippen LogP contribution in [0.15, 0.2) is 48.5 Å². The topological polar surface area (TPSA) is 40.5 Å². The largest absolute Gasteiger partial charge is 0.481 e. The fraction of sp³-hybridized carbons (Fsp3) is 0.480. The van der Waals surface area contributed by atoms with Gasteiger partial charge in [-0.25, -0.2) is 0 Å². The Morgan fingerprint density at radius 3 is 2.32 bits per heavy atom. The first-order valence-electron chi connectivity index (χ1n) is 10.9. The molecule has 31 heavy (non-hydrogen) atoms. The van der Waals surface area contributed by atoms with Gasteiger partial charge in [0.25, 0.3) is 0 Å². The van der Waals surface area contributed by atoms with E-state index < -0.39 is 29.2 Å². The minimum absolute atomic E-state index is 0.113. The first-order chi connectivity index (χ1) is 14.6. The number of fused-ring (bicyclic) bond motifs is 2. The van der Waals surface area contributed by atoms with Crippen LogP contribution in [-0.2, 0) is 23.1 Å². The molecule has 166 valence electrons. The number of hydrogen-bond donors (Lipinski definition) is 1. The van der Waals surface area contributed by atoms with Gasteiger partial charge in [-0.05, 0) is 60.4 Å². The molecule has 0 aromatic heterocycles. The maximum atomic E-state index is 13.1. The van der Waals surface area contributed by atoms with Crippen LogP contribution >= 0.6 is 0 Å². The van der Waals surface area contributed by atoms with Crippen molar-refractivity contribution in [3.8, 4) is 0 Å². The Morgan fingerprint density at radius 1 is 1.13 bits per heavy atom. The summed E-state index contributed by atoms with van der Waals surface area (Å²) in [4.78, 5) is 14.2. The van der Waals surface area contributed by atoms with Crippen LogP contribution in [0.5, 0.6) is 0 Å². The third-order valence-electron chi connectivity index (χ3n) is 7.12. The summed E-state index contributed by atoms with van der Waals surface area (Å²) in [6, 6.07) is 13.9. The molecule has 4 rings (SSSR count). The summed E-state index contributed by atoms with van der Waals surface area (Å²) >= 11 is 0. The molecule has 2 fully saturated rings. The third-order valence-corrected chi connectivity index (χ3v) is 7.12. The number of hydrogen-bond acceptors (Lipinski definition) is 2. The Labute approximate surface area is 180 Å². The molecule has 3 nitrogen and oxygen atoms in total. The Bertz CT molecular complexity index is 937. The van der Waals surface area contributed by atoms with Crippen LogP contribution in [0.3, 0.4) is 0 Å². The minimum atomic E-state index is -4.39. The Morgan fingerprint density at radius 2 is 1.77 bits per heavy atom. The van der Waals surface area contributed by atoms with E-state index in [1.165, 1.54) is 5.56 Å². The predicted octanol–water partition coefficient (Wildman–Crippen LogP) is 6.18. The van der Waals surface area contributed by atoms with E-state index in [-0.39, 0.29) is 6.04 Å². The molecule has 2 bridgehead atoms. The first kappa shape index (κ1) is 21.9. The molecule has 1 N–H and O–H groups in total. The normalized spacial score (nSPS) is 26.4. The molecule has 6 heteroatoms. The Hall–Kier alpha value is -2.34. The summed E-state index contributed by atoms with van der Waals surface area (Å²) in [5.41, 5.74) is 1.96. The third kappa shape index (κ3) is 4.10. The van der Waals surface area contributed by atoms with Gasteiger partial charge in [-0.3, -0.25) is 9.69 Å². The molecule has 0 amide bonds. The highest BCUT2D eigenvalue weighted by Crippen LogP contribution is 2.53. The van der Waals surface area contributed by atoms with Crippen LogP contribution < -0.4 is 0 Å². The van der Waals surface area contributed by atoms with Crippen LogP contribution in [-0.4, -0.2) is 22.0 Å². The molecule has 0 unspecified atom stereocenters. The average molecular weight is 431 g/mol. The molecular weight excluding hydrogens is 403 g/mol. The number of carboxylic acid groups (broad SMARTS) is 1. The summed E-state index contributed by atoms with van der Waals surface area (Å²) in [7, 11) is 0. The quantitative estimate of drug-likeness (QED) is 0.614. The van der Waals surface area contributed by atoms with E-state index in [0.717, 1.165) is 36.1 Å². The fourth-order valence-corrected chi connectivity index (χ4v) is 5.41. The van der Waals surface area contributed by atoms with E-state index in [1.807, 2.05) is 0 Å². The van der Waals surface area contributed by atoms with Gasteiger partial charge in [0.1, 0.15) is 0 Å². The lowest BCUT2D eigenvalue weighted by Gasteiger charge is -2.47. The monoisotopic (exact) mass is 431 g/mol. The van der Waals surface area contributed by atoms with Gasteiger partial charge in [-0.1, -0.05) is 50.2 Å². The molecule has 2 aromatic carbocycles. The highest BCUT2D eigenvalue weighted by molar-refractivity contribution is 5.70. The van der Waals surface area contributed by atoms with Crippen LogP contribution in [0.2, 0.25) is 0 Å². The van der Waals surface area contributed by atoms with Crippen molar-refractivity contribution in [2.24, 2.45) is 5.92 Å². The molecule has 3 atom stereocenters. The van der Waals surface area contributed by atoms with Gasteiger partial charge in [-0.2, -0.15) is 13.2 Å². The maximum absolute atomic E-state index is 13.1. The summed E-state index contributed by atoms with van der Waals surface area (Å²) in [5.74, 6) is -0.853. The van der Waals surface area contributed by atoms with Gasteiger partial charge < -0.3 is 5.11 Å². The van der Waals surface area contributed by atoms with Gasteiger partial charge in [-0.15, -0.1) is 0 Å². The molecule has 2 saturated heterocycles. The van der Waals surface area contributed by atoms with Gasteiger partial charge in [0.15, 0.2) is 0 Å². The second-order valence-electron chi connectivity index (χ2n) is 9.30. The zero-order chi connectivity index (χ0) is 22.4. The van der Waals surface area contributed by atoms with Crippen molar-refractivity contribution in [1.29, 1.82) is 0 Å². The molecule has 0 aliphatic carbocycles. The standard InChI is InChI=1S/C25H28F3NO2/c1-16(2)18-5-3-17(4-6-18)15-29-22-11-12-24(29,14-19(13-22)23(30)31)20-7-9-21(10-8-20)25(26,27)28/h3-10,16,19,22H,11-15H2,1-2H3,(H,30,31)/t19-,22+,24+/m1/s1. The highest BCUT2D eigenvalue weighted by Gasteiger charge is 2.54. The van der Waals surface area contributed by atoms with E-state index in [2.05, 4.69) is 43.0 Å². The van der Waals surface area contributed by atoms with Crippen LogP contribution in [0, 0.1) is 5.92 Å². The van der Waals surface area contributed by atoms with E-state index in [4.69, 9.17) is 0 Å². The van der Waals surface area contributed by atoms with Gasteiger partial charge >= 0.3 is 12.1 Å². The van der Waals surface area contributed by atoms with Crippen LogP contribution in [0.25, 0.3) is 0 Å². The Kier molecular flexibility index (Phi) is 5.63. The summed E-state index contributed by atoms with van der Waals surface area (Å²) < 4.78 is 39.2. The van der Waals surface area contributed by atoms with Crippen molar-refractivity contribution in [1.82, 2.24) is 4.90 Å². The van der Waals surface area contributed by atoms with Gasteiger partial charge in [0.2, 0.25) is 0 Å².